The molecule has 2 amide bonds. The summed E-state index contributed by atoms with van der Waals surface area (Å²) in [5, 5.41) is 12.0. The second-order valence-electron chi connectivity index (χ2n) is 5.71. The van der Waals surface area contributed by atoms with Gasteiger partial charge < -0.3 is 15.3 Å². The summed E-state index contributed by atoms with van der Waals surface area (Å²) in [7, 11) is 0. The number of urea groups is 1. The van der Waals surface area contributed by atoms with E-state index in [4.69, 9.17) is 5.11 Å². The van der Waals surface area contributed by atoms with Crippen molar-refractivity contribution in [3.05, 3.63) is 12.3 Å². The fraction of sp³-hybridized carbons (Fsp3) is 0.800. The molecule has 1 heterocycles. The first-order valence-electron chi connectivity index (χ1n) is 7.66. The standard InChI is InChI=1S/C15H26N2O2/c18-12-9-14-7-3-4-11-17(14)15(19)16-10-8-13-5-1-2-6-13/h8,10,13-14,18H,1-7,9,11-12H2,(H,16,19)/b10-8+. The Morgan fingerprint density at radius 2 is 1.95 bits per heavy atom. The van der Waals surface area contributed by atoms with E-state index < -0.39 is 0 Å². The highest BCUT2D eigenvalue weighted by Gasteiger charge is 2.25. The third-order valence-corrected chi connectivity index (χ3v) is 4.33. The van der Waals surface area contributed by atoms with Crippen LogP contribution in [0, 0.1) is 5.92 Å². The molecule has 0 aromatic heterocycles. The lowest BCUT2D eigenvalue weighted by Crippen LogP contribution is -2.47. The van der Waals surface area contributed by atoms with Crippen LogP contribution in [-0.2, 0) is 0 Å². The van der Waals surface area contributed by atoms with Gasteiger partial charge in [-0.3, -0.25) is 0 Å². The van der Waals surface area contributed by atoms with Gasteiger partial charge in [0.2, 0.25) is 0 Å². The number of carbonyl (C=O) groups excluding carboxylic acids is 1. The number of hydrogen-bond acceptors (Lipinski definition) is 2. The van der Waals surface area contributed by atoms with Crippen LogP contribution in [0.25, 0.3) is 0 Å². The van der Waals surface area contributed by atoms with E-state index in [0.29, 0.717) is 12.3 Å². The summed E-state index contributed by atoms with van der Waals surface area (Å²) < 4.78 is 0. The van der Waals surface area contributed by atoms with Gasteiger partial charge in [-0.15, -0.1) is 0 Å². The van der Waals surface area contributed by atoms with E-state index in [0.717, 1.165) is 25.8 Å². The predicted octanol–water partition coefficient (Wildman–Crippen LogP) is 2.64. The van der Waals surface area contributed by atoms with Crippen molar-refractivity contribution in [2.24, 2.45) is 5.92 Å². The molecule has 19 heavy (non-hydrogen) atoms. The molecular weight excluding hydrogens is 240 g/mol. The van der Waals surface area contributed by atoms with Gasteiger partial charge in [-0.05, 0) is 44.4 Å². The first-order chi connectivity index (χ1) is 9.31. The third-order valence-electron chi connectivity index (χ3n) is 4.33. The molecule has 1 atom stereocenters. The number of allylic oxidation sites excluding steroid dienone is 1. The quantitative estimate of drug-likeness (QED) is 0.822. The van der Waals surface area contributed by atoms with Gasteiger partial charge in [0.1, 0.15) is 0 Å². The zero-order valence-electron chi connectivity index (χ0n) is 11.7. The molecule has 4 nitrogen and oxygen atoms in total. The van der Waals surface area contributed by atoms with Crippen molar-refractivity contribution in [3.8, 4) is 0 Å². The fourth-order valence-corrected chi connectivity index (χ4v) is 3.21. The molecule has 0 aromatic carbocycles. The normalized spacial score (nSPS) is 25.1. The molecule has 1 aliphatic carbocycles. The van der Waals surface area contributed by atoms with E-state index in [-0.39, 0.29) is 18.7 Å². The number of likely N-dealkylation sites (tertiary alicyclic amines) is 1. The van der Waals surface area contributed by atoms with Gasteiger partial charge in [0.15, 0.2) is 0 Å². The number of nitrogens with zero attached hydrogens (tertiary/aromatic N) is 1. The van der Waals surface area contributed by atoms with Crippen LogP contribution in [0.4, 0.5) is 4.79 Å². The molecule has 2 fully saturated rings. The largest absolute Gasteiger partial charge is 0.396 e. The van der Waals surface area contributed by atoms with Crippen LogP contribution in [0.3, 0.4) is 0 Å². The third kappa shape index (κ3) is 4.23. The number of aliphatic hydroxyl groups excluding tert-OH is 1. The molecule has 2 rings (SSSR count). The Morgan fingerprint density at radius 1 is 1.21 bits per heavy atom. The Labute approximate surface area is 115 Å². The van der Waals surface area contributed by atoms with E-state index in [2.05, 4.69) is 11.4 Å². The highest BCUT2D eigenvalue weighted by Crippen LogP contribution is 2.25. The molecule has 2 N–H and O–H groups in total. The van der Waals surface area contributed by atoms with E-state index in [9.17, 15) is 4.79 Å². The average Bonchev–Trinajstić information content (AvgIpc) is 2.93. The van der Waals surface area contributed by atoms with Crippen LogP contribution in [-0.4, -0.2) is 35.2 Å². The van der Waals surface area contributed by atoms with Crippen LogP contribution in [0.2, 0.25) is 0 Å². The van der Waals surface area contributed by atoms with Crippen LogP contribution in [0.1, 0.15) is 51.4 Å². The summed E-state index contributed by atoms with van der Waals surface area (Å²) in [6.07, 6.45) is 13.0. The van der Waals surface area contributed by atoms with E-state index in [1.165, 1.54) is 25.7 Å². The Morgan fingerprint density at radius 3 is 2.68 bits per heavy atom. The monoisotopic (exact) mass is 266 g/mol. The number of rotatable bonds is 4. The average molecular weight is 266 g/mol. The second-order valence-corrected chi connectivity index (χ2v) is 5.71. The minimum Gasteiger partial charge on any atom is -0.396 e. The van der Waals surface area contributed by atoms with Crippen molar-refractivity contribution in [2.45, 2.75) is 57.4 Å². The second kappa shape index (κ2) is 7.53. The highest BCUT2D eigenvalue weighted by atomic mass is 16.3. The number of amides is 2. The molecule has 2 aliphatic rings. The first kappa shape index (κ1) is 14.4. The molecule has 1 saturated heterocycles. The molecule has 0 radical (unpaired) electrons. The summed E-state index contributed by atoms with van der Waals surface area (Å²) in [4.78, 5) is 14.0. The van der Waals surface area contributed by atoms with E-state index in [1.54, 1.807) is 0 Å². The molecule has 0 aromatic rings. The molecule has 0 bridgehead atoms. The summed E-state index contributed by atoms with van der Waals surface area (Å²) in [5.74, 6) is 0.648. The predicted molar refractivity (Wildman–Crippen MR) is 75.7 cm³/mol. The number of piperidine rings is 1. The minimum absolute atomic E-state index is 0.00704. The van der Waals surface area contributed by atoms with Crippen LogP contribution >= 0.6 is 0 Å². The number of carbonyl (C=O) groups is 1. The maximum atomic E-state index is 12.1. The van der Waals surface area contributed by atoms with Gasteiger partial charge in [0, 0.05) is 25.4 Å². The topological polar surface area (TPSA) is 52.6 Å². The van der Waals surface area contributed by atoms with Crippen molar-refractivity contribution >= 4 is 6.03 Å². The van der Waals surface area contributed by atoms with Crippen LogP contribution < -0.4 is 5.32 Å². The lowest BCUT2D eigenvalue weighted by Gasteiger charge is -2.35. The minimum atomic E-state index is -0.00704. The van der Waals surface area contributed by atoms with Gasteiger partial charge in [-0.1, -0.05) is 18.9 Å². The number of aliphatic hydroxyl groups is 1. The van der Waals surface area contributed by atoms with Crippen LogP contribution in [0.5, 0.6) is 0 Å². The Bertz CT molecular complexity index is 309. The van der Waals surface area contributed by atoms with E-state index >= 15 is 0 Å². The Balaban J connectivity index is 1.79. The molecule has 0 spiro atoms. The molecule has 1 unspecified atom stereocenters. The van der Waals surface area contributed by atoms with Crippen molar-refractivity contribution in [1.29, 1.82) is 0 Å². The van der Waals surface area contributed by atoms with Gasteiger partial charge in [0.05, 0.1) is 0 Å². The lowest BCUT2D eigenvalue weighted by atomic mass is 10.0. The maximum Gasteiger partial charge on any atom is 0.321 e. The van der Waals surface area contributed by atoms with Crippen molar-refractivity contribution in [2.75, 3.05) is 13.2 Å². The van der Waals surface area contributed by atoms with Crippen molar-refractivity contribution in [1.82, 2.24) is 10.2 Å². The van der Waals surface area contributed by atoms with Crippen molar-refractivity contribution in [3.63, 3.8) is 0 Å². The molecule has 1 aliphatic heterocycles. The smallest absolute Gasteiger partial charge is 0.321 e. The van der Waals surface area contributed by atoms with Gasteiger partial charge in [-0.2, -0.15) is 0 Å². The summed E-state index contributed by atoms with van der Waals surface area (Å²) >= 11 is 0. The summed E-state index contributed by atoms with van der Waals surface area (Å²) in [6, 6.07) is 0.200. The zero-order chi connectivity index (χ0) is 13.5. The maximum absolute atomic E-state index is 12.1. The van der Waals surface area contributed by atoms with Crippen molar-refractivity contribution < 1.29 is 9.90 Å². The fourth-order valence-electron chi connectivity index (χ4n) is 3.21. The SMILES string of the molecule is O=C(N/C=C/C1CCCC1)N1CCCCC1CCO. The molecule has 1 saturated carbocycles. The lowest BCUT2D eigenvalue weighted by molar-refractivity contribution is 0.134. The molecular formula is C15H26N2O2. The van der Waals surface area contributed by atoms with Gasteiger partial charge >= 0.3 is 6.03 Å². The summed E-state index contributed by atoms with van der Waals surface area (Å²) in [6.45, 7) is 0.972. The number of nitrogens with one attached hydrogen (secondary N) is 1. The highest BCUT2D eigenvalue weighted by molar-refractivity contribution is 5.75. The number of hydrogen-bond donors (Lipinski definition) is 2. The molecule has 4 heteroatoms. The Kier molecular flexibility index (Phi) is 5.70. The van der Waals surface area contributed by atoms with E-state index in [1.807, 2.05) is 11.1 Å². The zero-order valence-corrected chi connectivity index (χ0v) is 11.7. The van der Waals surface area contributed by atoms with Crippen LogP contribution in [0.15, 0.2) is 12.3 Å². The van der Waals surface area contributed by atoms with Gasteiger partial charge in [0.25, 0.3) is 0 Å². The Hall–Kier alpha value is -1.03. The van der Waals surface area contributed by atoms with Gasteiger partial charge in [-0.25, -0.2) is 4.79 Å². The first-order valence-corrected chi connectivity index (χ1v) is 7.66. The summed E-state index contributed by atoms with van der Waals surface area (Å²) in [5.41, 5.74) is 0. The molecule has 108 valence electrons.